The molecule has 0 saturated carbocycles. The average molecular weight is 450 g/mol. The molecule has 2 aromatic rings. The van der Waals surface area contributed by atoms with Crippen molar-refractivity contribution in [2.75, 3.05) is 26.2 Å². The second-order valence-corrected chi connectivity index (χ2v) is 8.77. The average Bonchev–Trinajstić information content (AvgIpc) is 2.77. The minimum atomic E-state index is -3.91. The van der Waals surface area contributed by atoms with Gasteiger partial charge < -0.3 is 10.2 Å². The first-order valence-electron chi connectivity index (χ1n) is 10.1. The quantitative estimate of drug-likeness (QED) is 0.604. The maximum atomic E-state index is 13.0. The van der Waals surface area contributed by atoms with Crippen molar-refractivity contribution in [1.29, 1.82) is 0 Å². The summed E-state index contributed by atoms with van der Waals surface area (Å²) in [7, 11) is -3.91. The summed E-state index contributed by atoms with van der Waals surface area (Å²) < 4.78 is 39.9. The fourth-order valence-corrected chi connectivity index (χ4v) is 4.40. The minimum absolute atomic E-state index is 0.0109. The molecular weight excluding hydrogens is 421 g/mol. The predicted molar refractivity (Wildman–Crippen MR) is 116 cm³/mol. The van der Waals surface area contributed by atoms with Crippen LogP contribution in [0.1, 0.15) is 36.7 Å². The Balaban J connectivity index is 2.06. The maximum absolute atomic E-state index is 13.0. The van der Waals surface area contributed by atoms with E-state index in [9.17, 15) is 22.4 Å². The Labute approximate surface area is 182 Å². The third-order valence-corrected chi connectivity index (χ3v) is 6.80. The third kappa shape index (κ3) is 6.35. The molecular formula is C22H28FN3O4S. The molecule has 0 aromatic heterocycles. The molecule has 0 bridgehead atoms. The van der Waals surface area contributed by atoms with Gasteiger partial charge in [-0.1, -0.05) is 19.1 Å². The Morgan fingerprint density at radius 3 is 2.00 bits per heavy atom. The Morgan fingerprint density at radius 1 is 0.903 bits per heavy atom. The molecule has 7 nitrogen and oxygen atoms in total. The molecule has 0 atom stereocenters. The molecule has 9 heteroatoms. The van der Waals surface area contributed by atoms with E-state index in [1.165, 1.54) is 36.4 Å². The van der Waals surface area contributed by atoms with Crippen LogP contribution in [0.15, 0.2) is 53.4 Å². The van der Waals surface area contributed by atoms with Crippen LogP contribution in [-0.4, -0.2) is 55.6 Å². The number of nitrogens with one attached hydrogen (secondary N) is 1. The zero-order valence-corrected chi connectivity index (χ0v) is 18.8. The molecule has 168 valence electrons. The van der Waals surface area contributed by atoms with Gasteiger partial charge in [-0.25, -0.2) is 12.8 Å². The predicted octanol–water partition coefficient (Wildman–Crippen LogP) is 2.63. The smallest absolute Gasteiger partial charge is 0.253 e. The summed E-state index contributed by atoms with van der Waals surface area (Å²) in [5.41, 5.74) is 1.11. The van der Waals surface area contributed by atoms with E-state index in [-0.39, 0.29) is 36.3 Å². The SMILES string of the molecule is CCN(CC)C(=O)c1ccc(S(=O)(=O)N(CC)CC(=O)NCc2ccc(F)cc2)cc1. The van der Waals surface area contributed by atoms with Gasteiger partial charge in [0.05, 0.1) is 11.4 Å². The molecule has 2 aromatic carbocycles. The lowest BCUT2D eigenvalue weighted by atomic mass is 10.2. The minimum Gasteiger partial charge on any atom is -0.351 e. The van der Waals surface area contributed by atoms with Crippen molar-refractivity contribution < 1.29 is 22.4 Å². The van der Waals surface area contributed by atoms with Crippen LogP contribution in [0.2, 0.25) is 0 Å². The number of halogens is 1. The van der Waals surface area contributed by atoms with E-state index < -0.39 is 15.9 Å². The second kappa shape index (κ2) is 11.0. The molecule has 2 amide bonds. The van der Waals surface area contributed by atoms with Gasteiger partial charge in [-0.3, -0.25) is 9.59 Å². The monoisotopic (exact) mass is 449 g/mol. The molecule has 0 radical (unpaired) electrons. The Kier molecular flexibility index (Phi) is 8.70. The van der Waals surface area contributed by atoms with E-state index in [0.29, 0.717) is 24.2 Å². The number of amides is 2. The van der Waals surface area contributed by atoms with Crippen LogP contribution in [-0.2, 0) is 21.4 Å². The van der Waals surface area contributed by atoms with Gasteiger partial charge in [0, 0.05) is 31.7 Å². The van der Waals surface area contributed by atoms with E-state index in [1.807, 2.05) is 13.8 Å². The summed E-state index contributed by atoms with van der Waals surface area (Å²) >= 11 is 0. The standard InChI is InChI=1S/C22H28FN3O4S/c1-4-25(5-2)22(28)18-9-13-20(14-10-18)31(29,30)26(6-3)16-21(27)24-15-17-7-11-19(23)12-8-17/h7-14H,4-6,15-16H2,1-3H3,(H,24,27). The van der Waals surface area contributed by atoms with Crippen molar-refractivity contribution >= 4 is 21.8 Å². The number of hydrogen-bond donors (Lipinski definition) is 1. The lowest BCUT2D eigenvalue weighted by Gasteiger charge is -2.21. The molecule has 0 heterocycles. The molecule has 0 fully saturated rings. The number of sulfonamides is 1. The second-order valence-electron chi connectivity index (χ2n) is 6.84. The highest BCUT2D eigenvalue weighted by Crippen LogP contribution is 2.17. The topological polar surface area (TPSA) is 86.8 Å². The van der Waals surface area contributed by atoms with Crippen molar-refractivity contribution in [3.8, 4) is 0 Å². The summed E-state index contributed by atoms with van der Waals surface area (Å²) in [6, 6.07) is 11.4. The van der Waals surface area contributed by atoms with Crippen molar-refractivity contribution in [1.82, 2.24) is 14.5 Å². The van der Waals surface area contributed by atoms with Gasteiger partial charge in [-0.15, -0.1) is 0 Å². The molecule has 0 spiro atoms. The summed E-state index contributed by atoms with van der Waals surface area (Å²) in [5.74, 6) is -1.01. The maximum Gasteiger partial charge on any atom is 0.253 e. The van der Waals surface area contributed by atoms with Crippen LogP contribution in [0.25, 0.3) is 0 Å². The summed E-state index contributed by atoms with van der Waals surface area (Å²) in [6.07, 6.45) is 0. The van der Waals surface area contributed by atoms with E-state index in [2.05, 4.69) is 5.32 Å². The van der Waals surface area contributed by atoms with E-state index in [4.69, 9.17) is 0 Å². The molecule has 0 saturated heterocycles. The molecule has 0 aliphatic rings. The molecule has 1 N–H and O–H groups in total. The fourth-order valence-electron chi connectivity index (χ4n) is 3.00. The van der Waals surface area contributed by atoms with Crippen molar-refractivity contribution in [2.45, 2.75) is 32.2 Å². The Bertz CT molecular complexity index is 988. The molecule has 0 unspecified atom stereocenters. The summed E-state index contributed by atoms with van der Waals surface area (Å²) in [6.45, 7) is 6.44. The molecule has 0 aliphatic heterocycles. The zero-order chi connectivity index (χ0) is 23.0. The van der Waals surface area contributed by atoms with E-state index in [0.717, 1.165) is 4.31 Å². The normalized spacial score (nSPS) is 11.4. The lowest BCUT2D eigenvalue weighted by Crippen LogP contribution is -2.40. The van der Waals surface area contributed by atoms with Crippen molar-refractivity contribution in [2.24, 2.45) is 0 Å². The fraction of sp³-hybridized carbons (Fsp3) is 0.364. The van der Waals surface area contributed by atoms with Gasteiger partial charge in [0.1, 0.15) is 5.82 Å². The number of rotatable bonds is 10. The van der Waals surface area contributed by atoms with Gasteiger partial charge in [0.15, 0.2) is 0 Å². The first kappa shape index (κ1) is 24.5. The van der Waals surface area contributed by atoms with Crippen LogP contribution >= 0.6 is 0 Å². The first-order chi connectivity index (χ1) is 14.7. The first-order valence-corrected chi connectivity index (χ1v) is 11.6. The van der Waals surface area contributed by atoms with Gasteiger partial charge in [-0.05, 0) is 55.8 Å². The Hall–Kier alpha value is -2.78. The number of hydrogen-bond acceptors (Lipinski definition) is 4. The van der Waals surface area contributed by atoms with Crippen LogP contribution in [0, 0.1) is 5.82 Å². The van der Waals surface area contributed by atoms with Crippen molar-refractivity contribution in [3.05, 3.63) is 65.5 Å². The highest BCUT2D eigenvalue weighted by Gasteiger charge is 2.25. The number of carbonyl (C=O) groups excluding carboxylic acids is 2. The van der Waals surface area contributed by atoms with Gasteiger partial charge in [0.25, 0.3) is 5.91 Å². The van der Waals surface area contributed by atoms with Gasteiger partial charge >= 0.3 is 0 Å². The van der Waals surface area contributed by atoms with E-state index in [1.54, 1.807) is 24.0 Å². The lowest BCUT2D eigenvalue weighted by molar-refractivity contribution is -0.121. The van der Waals surface area contributed by atoms with Crippen LogP contribution in [0.5, 0.6) is 0 Å². The summed E-state index contributed by atoms with van der Waals surface area (Å²) in [5, 5.41) is 2.64. The highest BCUT2D eigenvalue weighted by atomic mass is 32.2. The number of likely N-dealkylation sites (N-methyl/N-ethyl adjacent to an activating group) is 1. The van der Waals surface area contributed by atoms with Crippen LogP contribution in [0.3, 0.4) is 0 Å². The zero-order valence-electron chi connectivity index (χ0n) is 18.0. The molecule has 2 rings (SSSR count). The molecule has 31 heavy (non-hydrogen) atoms. The highest BCUT2D eigenvalue weighted by molar-refractivity contribution is 7.89. The van der Waals surface area contributed by atoms with Crippen LogP contribution < -0.4 is 5.32 Å². The summed E-state index contributed by atoms with van der Waals surface area (Å²) in [4.78, 5) is 26.3. The Morgan fingerprint density at radius 2 is 1.48 bits per heavy atom. The van der Waals surface area contributed by atoms with E-state index >= 15 is 0 Å². The number of carbonyl (C=O) groups is 2. The number of nitrogens with zero attached hydrogens (tertiary/aromatic N) is 2. The number of benzene rings is 2. The van der Waals surface area contributed by atoms with Gasteiger partial charge in [0.2, 0.25) is 15.9 Å². The van der Waals surface area contributed by atoms with Crippen molar-refractivity contribution in [3.63, 3.8) is 0 Å². The molecule has 0 aliphatic carbocycles. The largest absolute Gasteiger partial charge is 0.351 e. The third-order valence-electron chi connectivity index (χ3n) is 4.87. The van der Waals surface area contributed by atoms with Crippen LogP contribution in [0.4, 0.5) is 4.39 Å². The van der Waals surface area contributed by atoms with Gasteiger partial charge in [-0.2, -0.15) is 4.31 Å².